The van der Waals surface area contributed by atoms with Gasteiger partial charge in [-0.05, 0) is 28.5 Å². The summed E-state index contributed by atoms with van der Waals surface area (Å²) < 4.78 is 12.8. The first kappa shape index (κ1) is 15.1. The van der Waals surface area contributed by atoms with Crippen LogP contribution in [0.3, 0.4) is 0 Å². The lowest BCUT2D eigenvalue weighted by atomic mass is 10.2. The number of ether oxygens (including phenoxy) is 1. The first-order valence-electron chi connectivity index (χ1n) is 7.64. The summed E-state index contributed by atoms with van der Waals surface area (Å²) in [6, 6.07) is 3.81. The Morgan fingerprint density at radius 3 is 3.21 bits per heavy atom. The maximum atomic E-state index is 12.0. The van der Waals surface area contributed by atoms with Crippen LogP contribution < -0.4 is 5.32 Å². The Hall–Kier alpha value is -2.45. The van der Waals surface area contributed by atoms with Gasteiger partial charge in [0.15, 0.2) is 0 Å². The van der Waals surface area contributed by atoms with E-state index in [-0.39, 0.29) is 12.0 Å². The molecule has 0 unspecified atom stereocenters. The van der Waals surface area contributed by atoms with E-state index in [2.05, 4.69) is 15.6 Å². The van der Waals surface area contributed by atoms with Crippen LogP contribution in [0.15, 0.2) is 39.8 Å². The first-order valence-corrected chi connectivity index (χ1v) is 8.58. The number of carbonyl (C=O) groups excluding carboxylic acids is 1. The van der Waals surface area contributed by atoms with Gasteiger partial charge in [-0.3, -0.25) is 4.79 Å². The highest BCUT2D eigenvalue weighted by Gasteiger charge is 2.25. The van der Waals surface area contributed by atoms with Crippen molar-refractivity contribution in [1.82, 2.24) is 20.3 Å². The van der Waals surface area contributed by atoms with Gasteiger partial charge in [0.1, 0.15) is 5.69 Å². The molecule has 0 saturated carbocycles. The number of nitrogens with zero attached hydrogens (tertiary/aromatic N) is 3. The van der Waals surface area contributed by atoms with Crippen molar-refractivity contribution >= 4 is 17.2 Å². The van der Waals surface area contributed by atoms with Crippen LogP contribution in [0.25, 0.3) is 11.3 Å². The van der Waals surface area contributed by atoms with Crippen LogP contribution in [0.4, 0.5) is 0 Å². The Bertz CT molecular complexity index is 811. The van der Waals surface area contributed by atoms with Crippen molar-refractivity contribution in [3.8, 4) is 11.3 Å². The average Bonchev–Trinajstić information content (AvgIpc) is 3.33. The molecule has 0 fully saturated rings. The maximum absolute atomic E-state index is 12.0. The SMILES string of the molecule is O=C(Cc1ccsc1)NC[C@H]1Cn2nnc(-c3ccoc3)c2CO1. The fourth-order valence-corrected chi connectivity index (χ4v) is 3.35. The number of rotatable bonds is 5. The molecule has 1 N–H and O–H groups in total. The van der Waals surface area contributed by atoms with Crippen molar-refractivity contribution in [2.45, 2.75) is 25.7 Å². The summed E-state index contributed by atoms with van der Waals surface area (Å²) in [5.41, 5.74) is 3.63. The van der Waals surface area contributed by atoms with Crippen LogP contribution in [0, 0.1) is 0 Å². The molecule has 0 radical (unpaired) electrons. The van der Waals surface area contributed by atoms with Gasteiger partial charge in [0.25, 0.3) is 0 Å². The summed E-state index contributed by atoms with van der Waals surface area (Å²) >= 11 is 1.59. The normalized spacial score (nSPS) is 16.8. The van der Waals surface area contributed by atoms with E-state index in [0.29, 0.717) is 26.1 Å². The minimum Gasteiger partial charge on any atom is -0.472 e. The molecule has 24 heavy (non-hydrogen) atoms. The molecule has 0 spiro atoms. The summed E-state index contributed by atoms with van der Waals surface area (Å²) in [5.74, 6) is 0.000438. The predicted octanol–water partition coefficient (Wildman–Crippen LogP) is 1.86. The van der Waals surface area contributed by atoms with Crippen LogP contribution in [0.2, 0.25) is 0 Å². The zero-order valence-electron chi connectivity index (χ0n) is 12.8. The predicted molar refractivity (Wildman–Crippen MR) is 87.3 cm³/mol. The molecule has 0 aliphatic carbocycles. The second kappa shape index (κ2) is 6.58. The first-order chi connectivity index (χ1) is 11.8. The number of carbonyl (C=O) groups is 1. The Morgan fingerprint density at radius 1 is 1.46 bits per heavy atom. The van der Waals surface area contributed by atoms with Crippen LogP contribution >= 0.6 is 11.3 Å². The number of thiophene rings is 1. The Morgan fingerprint density at radius 2 is 2.42 bits per heavy atom. The highest BCUT2D eigenvalue weighted by atomic mass is 32.1. The largest absolute Gasteiger partial charge is 0.472 e. The Kier molecular flexibility index (Phi) is 4.14. The molecule has 124 valence electrons. The number of nitrogens with one attached hydrogen (secondary N) is 1. The average molecular weight is 344 g/mol. The highest BCUT2D eigenvalue weighted by Crippen LogP contribution is 2.25. The van der Waals surface area contributed by atoms with Gasteiger partial charge in [0, 0.05) is 12.1 Å². The van der Waals surface area contributed by atoms with Gasteiger partial charge >= 0.3 is 0 Å². The zero-order chi connectivity index (χ0) is 16.4. The third-order valence-electron chi connectivity index (χ3n) is 3.94. The van der Waals surface area contributed by atoms with E-state index in [4.69, 9.17) is 9.15 Å². The second-order valence-electron chi connectivity index (χ2n) is 5.62. The molecular formula is C16H16N4O3S. The van der Waals surface area contributed by atoms with Crippen molar-refractivity contribution in [1.29, 1.82) is 0 Å². The van der Waals surface area contributed by atoms with Crippen LogP contribution in [0.1, 0.15) is 11.3 Å². The molecule has 0 bridgehead atoms. The number of hydrogen-bond acceptors (Lipinski definition) is 6. The summed E-state index contributed by atoms with van der Waals surface area (Å²) in [5, 5.41) is 15.3. The zero-order valence-corrected chi connectivity index (χ0v) is 13.7. The molecule has 3 aromatic rings. The van der Waals surface area contributed by atoms with Crippen LogP contribution in [-0.2, 0) is 29.1 Å². The molecule has 4 rings (SSSR count). The molecule has 1 amide bonds. The fraction of sp³-hybridized carbons (Fsp3) is 0.312. The molecule has 1 aliphatic rings. The molecule has 7 nitrogen and oxygen atoms in total. The monoisotopic (exact) mass is 344 g/mol. The second-order valence-corrected chi connectivity index (χ2v) is 6.40. The summed E-state index contributed by atoms with van der Waals surface area (Å²) in [6.45, 7) is 1.45. The number of furan rings is 1. The van der Waals surface area contributed by atoms with Gasteiger partial charge in [-0.15, -0.1) is 5.10 Å². The minimum absolute atomic E-state index is 0.000438. The number of amides is 1. The van der Waals surface area contributed by atoms with E-state index in [9.17, 15) is 4.79 Å². The Labute approximate surface area is 142 Å². The highest BCUT2D eigenvalue weighted by molar-refractivity contribution is 7.07. The van der Waals surface area contributed by atoms with Crippen molar-refractivity contribution < 1.29 is 13.9 Å². The maximum Gasteiger partial charge on any atom is 0.224 e. The molecular weight excluding hydrogens is 328 g/mol. The fourth-order valence-electron chi connectivity index (χ4n) is 2.68. The Balaban J connectivity index is 1.34. The summed E-state index contributed by atoms with van der Waals surface area (Å²) in [4.78, 5) is 12.0. The molecule has 3 aromatic heterocycles. The lowest BCUT2D eigenvalue weighted by Crippen LogP contribution is -2.39. The molecule has 1 aliphatic heterocycles. The topological polar surface area (TPSA) is 82.2 Å². The third-order valence-corrected chi connectivity index (χ3v) is 4.67. The van der Waals surface area contributed by atoms with E-state index in [1.54, 1.807) is 23.9 Å². The van der Waals surface area contributed by atoms with Gasteiger partial charge in [0.05, 0.1) is 43.9 Å². The van der Waals surface area contributed by atoms with Crippen LogP contribution in [0.5, 0.6) is 0 Å². The lowest BCUT2D eigenvalue weighted by molar-refractivity contribution is -0.121. The molecule has 0 saturated heterocycles. The van der Waals surface area contributed by atoms with Crippen molar-refractivity contribution in [2.24, 2.45) is 0 Å². The van der Waals surface area contributed by atoms with Gasteiger partial charge in [-0.1, -0.05) is 5.21 Å². The number of fused-ring (bicyclic) bond motifs is 1. The minimum atomic E-state index is -0.108. The number of aromatic nitrogens is 3. The van der Waals surface area contributed by atoms with E-state index in [1.165, 1.54) is 0 Å². The van der Waals surface area contributed by atoms with Crippen molar-refractivity contribution in [2.75, 3.05) is 6.54 Å². The van der Waals surface area contributed by atoms with Gasteiger partial charge in [0.2, 0.25) is 5.91 Å². The van der Waals surface area contributed by atoms with Gasteiger partial charge < -0.3 is 14.5 Å². The van der Waals surface area contributed by atoms with Crippen molar-refractivity contribution in [3.63, 3.8) is 0 Å². The summed E-state index contributed by atoms with van der Waals surface area (Å²) in [7, 11) is 0. The molecule has 8 heteroatoms. The van der Waals surface area contributed by atoms with E-state index < -0.39 is 0 Å². The molecule has 0 aromatic carbocycles. The van der Waals surface area contributed by atoms with Crippen LogP contribution in [-0.4, -0.2) is 33.5 Å². The smallest absolute Gasteiger partial charge is 0.224 e. The van der Waals surface area contributed by atoms with Crippen molar-refractivity contribution in [3.05, 3.63) is 46.7 Å². The third kappa shape index (κ3) is 3.10. The van der Waals surface area contributed by atoms with E-state index >= 15 is 0 Å². The standard InChI is InChI=1S/C16H16N4O3S/c21-15(5-11-2-4-24-10-11)17-6-13-7-20-14(9-23-13)16(18-19-20)12-1-3-22-8-12/h1-4,8,10,13H,5-7,9H2,(H,17,21)/t13-/m0/s1. The quantitative estimate of drug-likeness (QED) is 0.764. The number of hydrogen-bond donors (Lipinski definition) is 1. The van der Waals surface area contributed by atoms with Gasteiger partial charge in [-0.2, -0.15) is 11.3 Å². The molecule has 1 atom stereocenters. The van der Waals surface area contributed by atoms with E-state index in [1.807, 2.05) is 27.6 Å². The van der Waals surface area contributed by atoms with E-state index in [0.717, 1.165) is 22.5 Å². The molecule has 4 heterocycles. The lowest BCUT2D eigenvalue weighted by Gasteiger charge is -2.24. The van der Waals surface area contributed by atoms with Gasteiger partial charge in [-0.25, -0.2) is 4.68 Å². The summed E-state index contributed by atoms with van der Waals surface area (Å²) in [6.07, 6.45) is 3.54.